The highest BCUT2D eigenvalue weighted by Crippen LogP contribution is 2.23. The van der Waals surface area contributed by atoms with Crippen LogP contribution in [0.3, 0.4) is 0 Å². The van der Waals surface area contributed by atoms with Crippen molar-refractivity contribution in [3.63, 3.8) is 0 Å². The van der Waals surface area contributed by atoms with Crippen molar-refractivity contribution >= 4 is 28.9 Å². The summed E-state index contributed by atoms with van der Waals surface area (Å²) in [6.45, 7) is 4.16. The highest BCUT2D eigenvalue weighted by Gasteiger charge is 2.22. The number of amides is 2. The fourth-order valence-electron chi connectivity index (χ4n) is 3.58. The standard InChI is InChI=1S/C23H30N4O2/c1-2-3-12-21(26-22(28)17-8-6-9-18(24)15-17)23(29)25-19-10-7-11-20(16-19)27-13-4-5-14-27/h6-11,15-16,21H,2-5,12-14,24H2,1H3,(H,25,29)(H,26,28). The minimum Gasteiger partial charge on any atom is -0.399 e. The molecule has 0 bridgehead atoms. The van der Waals surface area contributed by atoms with Gasteiger partial charge in [-0.1, -0.05) is 31.9 Å². The van der Waals surface area contributed by atoms with Gasteiger partial charge in [0.15, 0.2) is 0 Å². The minimum absolute atomic E-state index is 0.200. The van der Waals surface area contributed by atoms with Crippen molar-refractivity contribution in [1.29, 1.82) is 0 Å². The Hall–Kier alpha value is -3.02. The second-order valence-corrected chi connectivity index (χ2v) is 7.53. The summed E-state index contributed by atoms with van der Waals surface area (Å²) < 4.78 is 0. The molecule has 1 fully saturated rings. The third-order valence-corrected chi connectivity index (χ3v) is 5.20. The van der Waals surface area contributed by atoms with E-state index in [4.69, 9.17) is 5.73 Å². The summed E-state index contributed by atoms with van der Waals surface area (Å²) in [5.41, 5.74) is 8.61. The number of nitrogen functional groups attached to an aromatic ring is 1. The molecular weight excluding hydrogens is 364 g/mol. The lowest BCUT2D eigenvalue weighted by Crippen LogP contribution is -2.43. The van der Waals surface area contributed by atoms with E-state index in [-0.39, 0.29) is 11.8 Å². The number of carbonyl (C=O) groups excluding carboxylic acids is 2. The molecule has 6 nitrogen and oxygen atoms in total. The van der Waals surface area contributed by atoms with E-state index in [2.05, 4.69) is 28.5 Å². The van der Waals surface area contributed by atoms with Crippen molar-refractivity contribution in [3.05, 3.63) is 54.1 Å². The summed E-state index contributed by atoms with van der Waals surface area (Å²) in [6, 6.07) is 14.1. The molecule has 1 heterocycles. The second-order valence-electron chi connectivity index (χ2n) is 7.53. The number of anilines is 3. The first kappa shape index (κ1) is 20.7. The number of rotatable bonds is 8. The molecule has 29 heavy (non-hydrogen) atoms. The number of nitrogens with one attached hydrogen (secondary N) is 2. The zero-order chi connectivity index (χ0) is 20.6. The van der Waals surface area contributed by atoms with Gasteiger partial charge in [0, 0.05) is 35.7 Å². The minimum atomic E-state index is -0.598. The summed E-state index contributed by atoms with van der Waals surface area (Å²) in [4.78, 5) is 27.8. The highest BCUT2D eigenvalue weighted by atomic mass is 16.2. The van der Waals surface area contributed by atoms with Crippen LogP contribution in [0.1, 0.15) is 49.4 Å². The number of hydrogen-bond acceptors (Lipinski definition) is 4. The Morgan fingerprint density at radius 2 is 1.86 bits per heavy atom. The van der Waals surface area contributed by atoms with Crippen LogP contribution in [0.5, 0.6) is 0 Å². The Balaban J connectivity index is 1.68. The van der Waals surface area contributed by atoms with Gasteiger partial charge in [-0.25, -0.2) is 0 Å². The number of unbranched alkanes of at least 4 members (excludes halogenated alkanes) is 1. The normalized spacial score (nSPS) is 14.4. The first-order chi connectivity index (χ1) is 14.1. The van der Waals surface area contributed by atoms with E-state index in [9.17, 15) is 9.59 Å². The van der Waals surface area contributed by atoms with Crippen molar-refractivity contribution in [3.8, 4) is 0 Å². The highest BCUT2D eigenvalue weighted by molar-refractivity contribution is 6.01. The lowest BCUT2D eigenvalue weighted by Gasteiger charge is -2.21. The number of hydrogen-bond donors (Lipinski definition) is 3. The largest absolute Gasteiger partial charge is 0.399 e. The third kappa shape index (κ3) is 5.73. The van der Waals surface area contributed by atoms with E-state index in [1.807, 2.05) is 18.2 Å². The molecule has 6 heteroatoms. The molecule has 0 radical (unpaired) electrons. The van der Waals surface area contributed by atoms with Gasteiger partial charge in [-0.3, -0.25) is 9.59 Å². The average Bonchev–Trinajstić information content (AvgIpc) is 3.26. The maximum atomic E-state index is 12.9. The van der Waals surface area contributed by atoms with E-state index in [0.717, 1.165) is 37.3 Å². The second kappa shape index (κ2) is 9.96. The van der Waals surface area contributed by atoms with Crippen LogP contribution in [0, 0.1) is 0 Å². The van der Waals surface area contributed by atoms with E-state index < -0.39 is 6.04 Å². The average molecular weight is 395 g/mol. The first-order valence-electron chi connectivity index (χ1n) is 10.4. The van der Waals surface area contributed by atoms with E-state index in [1.165, 1.54) is 12.8 Å². The molecule has 1 saturated heterocycles. The molecule has 0 aromatic heterocycles. The molecule has 1 aliphatic heterocycles. The summed E-state index contributed by atoms with van der Waals surface area (Å²) in [5.74, 6) is -0.492. The van der Waals surface area contributed by atoms with E-state index >= 15 is 0 Å². The van der Waals surface area contributed by atoms with Gasteiger partial charge in [0.05, 0.1) is 0 Å². The van der Waals surface area contributed by atoms with Crippen LogP contribution < -0.4 is 21.3 Å². The van der Waals surface area contributed by atoms with Gasteiger partial charge in [0.25, 0.3) is 5.91 Å². The summed E-state index contributed by atoms with van der Waals surface area (Å²) in [6.07, 6.45) is 4.78. The summed E-state index contributed by atoms with van der Waals surface area (Å²) in [7, 11) is 0. The lowest BCUT2D eigenvalue weighted by molar-refractivity contribution is -0.118. The van der Waals surface area contributed by atoms with Crippen LogP contribution in [0.15, 0.2) is 48.5 Å². The van der Waals surface area contributed by atoms with E-state index in [0.29, 0.717) is 17.7 Å². The zero-order valence-corrected chi connectivity index (χ0v) is 17.0. The van der Waals surface area contributed by atoms with Gasteiger partial charge in [0.2, 0.25) is 5.91 Å². The van der Waals surface area contributed by atoms with Crippen LogP contribution in [-0.2, 0) is 4.79 Å². The predicted molar refractivity (Wildman–Crippen MR) is 118 cm³/mol. The Bertz CT molecular complexity index is 846. The Morgan fingerprint density at radius 1 is 1.10 bits per heavy atom. The van der Waals surface area contributed by atoms with Crippen LogP contribution >= 0.6 is 0 Å². The Kier molecular flexibility index (Phi) is 7.11. The topological polar surface area (TPSA) is 87.5 Å². The number of nitrogens with two attached hydrogens (primary N) is 1. The van der Waals surface area contributed by atoms with E-state index in [1.54, 1.807) is 24.3 Å². The molecule has 1 aliphatic rings. The van der Waals surface area contributed by atoms with Crippen LogP contribution in [0.25, 0.3) is 0 Å². The summed E-state index contributed by atoms with van der Waals surface area (Å²) >= 11 is 0. The van der Waals surface area contributed by atoms with Crippen LogP contribution in [0.2, 0.25) is 0 Å². The van der Waals surface area contributed by atoms with Crippen molar-refractivity contribution in [2.45, 2.75) is 45.1 Å². The van der Waals surface area contributed by atoms with Crippen molar-refractivity contribution in [2.75, 3.05) is 29.0 Å². The molecule has 2 amide bonds. The van der Waals surface area contributed by atoms with Gasteiger partial charge in [-0.2, -0.15) is 0 Å². The molecule has 2 aromatic carbocycles. The zero-order valence-electron chi connectivity index (χ0n) is 17.0. The molecule has 1 atom stereocenters. The van der Waals surface area contributed by atoms with Crippen LogP contribution in [0.4, 0.5) is 17.1 Å². The molecule has 0 saturated carbocycles. The molecule has 0 spiro atoms. The quantitative estimate of drug-likeness (QED) is 0.595. The molecule has 2 aromatic rings. The molecule has 1 unspecified atom stereocenters. The van der Waals surface area contributed by atoms with Gasteiger partial charge in [0.1, 0.15) is 6.04 Å². The number of benzene rings is 2. The van der Waals surface area contributed by atoms with Gasteiger partial charge in [-0.05, 0) is 55.7 Å². The maximum absolute atomic E-state index is 12.9. The lowest BCUT2D eigenvalue weighted by atomic mass is 10.1. The van der Waals surface area contributed by atoms with Gasteiger partial charge in [-0.15, -0.1) is 0 Å². The van der Waals surface area contributed by atoms with Gasteiger partial charge < -0.3 is 21.3 Å². The SMILES string of the molecule is CCCCC(NC(=O)c1cccc(N)c1)C(=O)Nc1cccc(N2CCCC2)c1. The fourth-order valence-corrected chi connectivity index (χ4v) is 3.58. The Morgan fingerprint density at radius 3 is 2.59 bits per heavy atom. The third-order valence-electron chi connectivity index (χ3n) is 5.20. The predicted octanol–water partition coefficient (Wildman–Crippen LogP) is 3.80. The monoisotopic (exact) mass is 394 g/mol. The first-order valence-corrected chi connectivity index (χ1v) is 10.4. The van der Waals surface area contributed by atoms with Gasteiger partial charge >= 0.3 is 0 Å². The molecule has 4 N–H and O–H groups in total. The maximum Gasteiger partial charge on any atom is 0.252 e. The van der Waals surface area contributed by atoms with Crippen LogP contribution in [-0.4, -0.2) is 30.9 Å². The Labute approximate surface area is 172 Å². The molecule has 3 rings (SSSR count). The molecular formula is C23H30N4O2. The van der Waals surface area contributed by atoms with Crippen molar-refractivity contribution in [2.24, 2.45) is 0 Å². The summed E-state index contributed by atoms with van der Waals surface area (Å²) in [5, 5.41) is 5.85. The number of nitrogens with zero attached hydrogens (tertiary/aromatic N) is 1. The number of carbonyl (C=O) groups is 2. The molecule has 154 valence electrons. The molecule has 0 aliphatic carbocycles. The fraction of sp³-hybridized carbons (Fsp3) is 0.391. The van der Waals surface area contributed by atoms with Crippen molar-refractivity contribution < 1.29 is 9.59 Å². The van der Waals surface area contributed by atoms with Crippen molar-refractivity contribution in [1.82, 2.24) is 5.32 Å². The smallest absolute Gasteiger partial charge is 0.252 e.